The molecule has 4 nitrogen and oxygen atoms in total. The molecule has 0 aromatic heterocycles. The van der Waals surface area contributed by atoms with Gasteiger partial charge < -0.3 is 10.4 Å². The molecule has 0 amide bonds. The van der Waals surface area contributed by atoms with Crippen LogP contribution in [0.4, 0.5) is 0 Å². The zero-order valence-corrected chi connectivity index (χ0v) is 8.89. The van der Waals surface area contributed by atoms with Crippen LogP contribution >= 0.6 is 0 Å². The molecule has 1 rings (SSSR count). The number of rotatable bonds is 3. The van der Waals surface area contributed by atoms with Crippen molar-refractivity contribution in [3.05, 3.63) is 0 Å². The standard InChI is InChI=1S/C8H17NO3S/c1-7(2)9-5-8(10)3-4-13(11,12)6-8/h7,9-10H,3-6H2,1-2H3. The van der Waals surface area contributed by atoms with Crippen molar-refractivity contribution in [1.82, 2.24) is 5.32 Å². The monoisotopic (exact) mass is 207 g/mol. The summed E-state index contributed by atoms with van der Waals surface area (Å²) in [6.45, 7) is 4.30. The molecule has 1 unspecified atom stereocenters. The van der Waals surface area contributed by atoms with Gasteiger partial charge in [0.15, 0.2) is 9.84 Å². The summed E-state index contributed by atoms with van der Waals surface area (Å²) < 4.78 is 22.2. The van der Waals surface area contributed by atoms with Gasteiger partial charge in [-0.3, -0.25) is 0 Å². The van der Waals surface area contributed by atoms with Crippen molar-refractivity contribution in [3.8, 4) is 0 Å². The summed E-state index contributed by atoms with van der Waals surface area (Å²) >= 11 is 0. The van der Waals surface area contributed by atoms with Crippen molar-refractivity contribution >= 4 is 9.84 Å². The molecule has 13 heavy (non-hydrogen) atoms. The molecule has 5 heteroatoms. The van der Waals surface area contributed by atoms with E-state index in [4.69, 9.17) is 0 Å². The molecule has 1 saturated heterocycles. The summed E-state index contributed by atoms with van der Waals surface area (Å²) in [5, 5.41) is 12.9. The Morgan fingerprint density at radius 1 is 1.54 bits per heavy atom. The molecule has 2 N–H and O–H groups in total. The van der Waals surface area contributed by atoms with Crippen LogP contribution in [0.15, 0.2) is 0 Å². The fourth-order valence-electron chi connectivity index (χ4n) is 1.43. The topological polar surface area (TPSA) is 66.4 Å². The lowest BCUT2D eigenvalue weighted by Crippen LogP contribution is -2.43. The van der Waals surface area contributed by atoms with Crippen LogP contribution in [0.3, 0.4) is 0 Å². The van der Waals surface area contributed by atoms with Gasteiger partial charge in [-0.25, -0.2) is 8.42 Å². The highest BCUT2D eigenvalue weighted by molar-refractivity contribution is 7.91. The number of aliphatic hydroxyl groups is 1. The molecule has 1 fully saturated rings. The Kier molecular flexibility index (Phi) is 2.99. The van der Waals surface area contributed by atoms with Gasteiger partial charge in [0.25, 0.3) is 0 Å². The third-order valence-corrected chi connectivity index (χ3v) is 4.01. The van der Waals surface area contributed by atoms with E-state index in [0.29, 0.717) is 13.0 Å². The molecule has 0 aromatic carbocycles. The summed E-state index contributed by atoms with van der Waals surface area (Å²) in [4.78, 5) is 0. The molecular weight excluding hydrogens is 190 g/mol. The molecule has 0 spiro atoms. The molecule has 0 saturated carbocycles. The number of nitrogens with one attached hydrogen (secondary N) is 1. The minimum atomic E-state index is -2.99. The molecule has 1 heterocycles. The zero-order valence-electron chi connectivity index (χ0n) is 8.08. The lowest BCUT2D eigenvalue weighted by Gasteiger charge is -2.22. The van der Waals surface area contributed by atoms with Crippen molar-refractivity contribution in [2.75, 3.05) is 18.1 Å². The minimum absolute atomic E-state index is 0.0975. The van der Waals surface area contributed by atoms with Crippen molar-refractivity contribution < 1.29 is 13.5 Å². The van der Waals surface area contributed by atoms with E-state index in [1.165, 1.54) is 0 Å². The quantitative estimate of drug-likeness (QED) is 0.657. The Labute approximate surface area is 79.3 Å². The number of hydrogen-bond donors (Lipinski definition) is 2. The second-order valence-electron chi connectivity index (χ2n) is 4.10. The van der Waals surface area contributed by atoms with Crippen molar-refractivity contribution in [1.29, 1.82) is 0 Å². The Morgan fingerprint density at radius 3 is 2.54 bits per heavy atom. The van der Waals surface area contributed by atoms with Gasteiger partial charge in [0, 0.05) is 12.6 Å². The highest BCUT2D eigenvalue weighted by Gasteiger charge is 2.40. The maximum absolute atomic E-state index is 11.1. The smallest absolute Gasteiger partial charge is 0.153 e. The van der Waals surface area contributed by atoms with Gasteiger partial charge in [-0.15, -0.1) is 0 Å². The minimum Gasteiger partial charge on any atom is -0.387 e. The van der Waals surface area contributed by atoms with Crippen LogP contribution < -0.4 is 5.32 Å². The normalized spacial score (nSPS) is 32.6. The van der Waals surface area contributed by atoms with Crippen LogP contribution in [0, 0.1) is 0 Å². The molecule has 0 aromatic rings. The first-order valence-electron chi connectivity index (χ1n) is 4.49. The molecule has 0 aliphatic carbocycles. The lowest BCUT2D eigenvalue weighted by atomic mass is 10.0. The largest absolute Gasteiger partial charge is 0.387 e. The van der Waals surface area contributed by atoms with Gasteiger partial charge in [0.05, 0.1) is 17.1 Å². The van der Waals surface area contributed by atoms with Crippen LogP contribution in [-0.2, 0) is 9.84 Å². The van der Waals surface area contributed by atoms with Crippen LogP contribution in [-0.4, -0.2) is 43.2 Å². The Hall–Kier alpha value is -0.130. The van der Waals surface area contributed by atoms with Gasteiger partial charge >= 0.3 is 0 Å². The molecule has 0 radical (unpaired) electrons. The average molecular weight is 207 g/mol. The van der Waals surface area contributed by atoms with E-state index in [1.807, 2.05) is 13.8 Å². The van der Waals surface area contributed by atoms with Crippen LogP contribution in [0.1, 0.15) is 20.3 Å². The first kappa shape index (κ1) is 10.9. The van der Waals surface area contributed by atoms with Gasteiger partial charge in [-0.1, -0.05) is 13.8 Å². The van der Waals surface area contributed by atoms with E-state index in [2.05, 4.69) is 5.32 Å². The second kappa shape index (κ2) is 3.55. The summed E-state index contributed by atoms with van der Waals surface area (Å²) in [6.07, 6.45) is 0.356. The molecule has 1 aliphatic heterocycles. The molecular formula is C8H17NO3S. The molecule has 1 aliphatic rings. The predicted molar refractivity (Wildman–Crippen MR) is 51.4 cm³/mol. The fraction of sp³-hybridized carbons (Fsp3) is 1.00. The SMILES string of the molecule is CC(C)NCC1(O)CCS(=O)(=O)C1. The third kappa shape index (κ3) is 3.25. The summed E-state index contributed by atoms with van der Waals surface area (Å²) in [5.74, 6) is 0.0169. The van der Waals surface area contributed by atoms with Gasteiger partial charge in [0.1, 0.15) is 0 Å². The van der Waals surface area contributed by atoms with Gasteiger partial charge in [-0.2, -0.15) is 0 Å². The van der Waals surface area contributed by atoms with Crippen molar-refractivity contribution in [2.45, 2.75) is 31.9 Å². The Balaban J connectivity index is 2.50. The number of sulfone groups is 1. The second-order valence-corrected chi connectivity index (χ2v) is 6.29. The summed E-state index contributed by atoms with van der Waals surface area (Å²) in [6, 6.07) is 0.271. The van der Waals surface area contributed by atoms with Gasteiger partial charge in [-0.05, 0) is 6.42 Å². The predicted octanol–water partition coefficient (Wildman–Crippen LogP) is -0.466. The highest BCUT2D eigenvalue weighted by atomic mass is 32.2. The van der Waals surface area contributed by atoms with Gasteiger partial charge in [0.2, 0.25) is 0 Å². The van der Waals surface area contributed by atoms with E-state index >= 15 is 0 Å². The maximum Gasteiger partial charge on any atom is 0.153 e. The van der Waals surface area contributed by atoms with Crippen molar-refractivity contribution in [2.24, 2.45) is 0 Å². The summed E-state index contributed by atoms with van der Waals surface area (Å²) in [5.41, 5.74) is -1.04. The van der Waals surface area contributed by atoms with E-state index < -0.39 is 15.4 Å². The first-order chi connectivity index (χ1) is 5.83. The molecule has 1 atom stereocenters. The fourth-order valence-corrected chi connectivity index (χ4v) is 3.33. The lowest BCUT2D eigenvalue weighted by molar-refractivity contribution is 0.0653. The number of hydrogen-bond acceptors (Lipinski definition) is 4. The van der Waals surface area contributed by atoms with Crippen LogP contribution in [0.2, 0.25) is 0 Å². The zero-order chi connectivity index (χ0) is 10.1. The third-order valence-electron chi connectivity index (χ3n) is 2.21. The van der Waals surface area contributed by atoms with E-state index in [9.17, 15) is 13.5 Å². The van der Waals surface area contributed by atoms with Crippen LogP contribution in [0.25, 0.3) is 0 Å². The molecule has 0 bridgehead atoms. The van der Waals surface area contributed by atoms with Crippen LogP contribution in [0.5, 0.6) is 0 Å². The Bertz CT molecular complexity index is 273. The van der Waals surface area contributed by atoms with E-state index in [1.54, 1.807) is 0 Å². The van der Waals surface area contributed by atoms with Crippen molar-refractivity contribution in [3.63, 3.8) is 0 Å². The first-order valence-corrected chi connectivity index (χ1v) is 6.31. The highest BCUT2D eigenvalue weighted by Crippen LogP contribution is 2.22. The molecule has 78 valence electrons. The average Bonchev–Trinajstić information content (AvgIpc) is 2.23. The van der Waals surface area contributed by atoms with E-state index in [0.717, 1.165) is 0 Å². The Morgan fingerprint density at radius 2 is 2.15 bits per heavy atom. The van der Waals surface area contributed by atoms with E-state index in [-0.39, 0.29) is 17.5 Å². The maximum atomic E-state index is 11.1. The summed E-state index contributed by atoms with van der Waals surface area (Å²) in [7, 11) is -2.99.